The second-order valence-electron chi connectivity index (χ2n) is 19.0. The Morgan fingerprint density at radius 3 is 1.34 bits per heavy atom. The van der Waals surface area contributed by atoms with Gasteiger partial charge in [-0.1, -0.05) is 237 Å². The van der Waals surface area contributed by atoms with Crippen molar-refractivity contribution in [1.29, 1.82) is 0 Å². The fraction of sp³-hybridized carbons (Fsp3) is 0.0145. The van der Waals surface area contributed by atoms with E-state index in [1.165, 1.54) is 27.6 Å². The quantitative estimate of drug-likeness (QED) is 0.162. The number of aliphatic imine (C=N–C) groups is 2. The summed E-state index contributed by atoms with van der Waals surface area (Å²) in [5.74, 6) is 1.36. The monoisotopic (exact) mass is 945 g/mol. The van der Waals surface area contributed by atoms with Gasteiger partial charge >= 0.3 is 0 Å². The van der Waals surface area contributed by atoms with Crippen LogP contribution in [0.15, 0.2) is 283 Å². The van der Waals surface area contributed by atoms with Crippen LogP contribution in [0.2, 0.25) is 0 Å². The second kappa shape index (κ2) is 18.1. The van der Waals surface area contributed by atoms with Crippen molar-refractivity contribution in [3.63, 3.8) is 0 Å². The molecule has 2 aromatic heterocycles. The average molecular weight is 946 g/mol. The van der Waals surface area contributed by atoms with Gasteiger partial charge in [0.05, 0.1) is 27.8 Å². The molecule has 0 fully saturated rings. The van der Waals surface area contributed by atoms with E-state index in [-0.39, 0.29) is 0 Å². The van der Waals surface area contributed by atoms with E-state index in [2.05, 4.69) is 287 Å². The molecule has 0 saturated heterocycles. The van der Waals surface area contributed by atoms with Crippen LogP contribution in [-0.2, 0) is 0 Å². The van der Waals surface area contributed by atoms with Crippen LogP contribution >= 0.6 is 0 Å². The zero-order valence-electron chi connectivity index (χ0n) is 40.3. The van der Waals surface area contributed by atoms with Gasteiger partial charge < -0.3 is 9.88 Å². The number of nitrogens with zero attached hydrogens (tertiary/aromatic N) is 4. The molecular formula is C69H47N5. The predicted octanol–water partition coefficient (Wildman–Crippen LogP) is 17.2. The van der Waals surface area contributed by atoms with Gasteiger partial charge in [-0.15, -0.1) is 0 Å². The van der Waals surface area contributed by atoms with Crippen molar-refractivity contribution < 1.29 is 0 Å². The molecule has 14 rings (SSSR count). The number of hydrogen-bond acceptors (Lipinski definition) is 3. The maximum Gasteiger partial charge on any atom is 0.234 e. The molecule has 5 nitrogen and oxygen atoms in total. The lowest BCUT2D eigenvalue weighted by molar-refractivity contribution is 0.668. The van der Waals surface area contributed by atoms with Gasteiger partial charge in [-0.25, -0.2) is 4.99 Å². The third-order valence-electron chi connectivity index (χ3n) is 14.6. The first-order valence-electron chi connectivity index (χ1n) is 25.3. The van der Waals surface area contributed by atoms with Crippen molar-refractivity contribution in [3.05, 3.63) is 284 Å². The molecule has 0 bridgehead atoms. The van der Waals surface area contributed by atoms with E-state index in [0.29, 0.717) is 5.96 Å². The zero-order valence-corrected chi connectivity index (χ0v) is 40.3. The average Bonchev–Trinajstić information content (AvgIpc) is 4.01. The highest BCUT2D eigenvalue weighted by molar-refractivity contribution is 6.27. The molecule has 0 spiro atoms. The number of amidine groups is 1. The third-order valence-corrected chi connectivity index (χ3v) is 14.6. The maximum absolute atomic E-state index is 5.62. The summed E-state index contributed by atoms with van der Waals surface area (Å²) >= 11 is 0. The van der Waals surface area contributed by atoms with Crippen LogP contribution in [0.4, 0.5) is 0 Å². The number of rotatable bonds is 8. The summed E-state index contributed by atoms with van der Waals surface area (Å²) in [4.78, 5) is 11.2. The Morgan fingerprint density at radius 2 is 0.730 bits per heavy atom. The number of benzene rings is 11. The Hall–Kier alpha value is -9.84. The van der Waals surface area contributed by atoms with Gasteiger partial charge in [-0.2, -0.15) is 4.99 Å². The summed E-state index contributed by atoms with van der Waals surface area (Å²) in [5.41, 5.74) is 19.0. The Morgan fingerprint density at radius 1 is 0.311 bits per heavy atom. The van der Waals surface area contributed by atoms with Crippen LogP contribution in [0.5, 0.6) is 0 Å². The Balaban J connectivity index is 0.993. The fourth-order valence-corrected chi connectivity index (χ4v) is 11.1. The normalized spacial score (nSPS) is 13.5. The van der Waals surface area contributed by atoms with Crippen LogP contribution < -0.4 is 5.32 Å². The molecule has 1 aliphatic rings. The standard InChI is InChI=1S/C69H47N5/c1-4-19-46(20-5-1)49-37-39-50(40-38-49)67-70-68(56-30-18-26-52(45-56)48-23-8-3-9-24-48)72-69(71-67)74-64-36-15-12-33-59(64)61-42-41-60-58-32-11-14-35-63(58)73(65(60)66(61)74)62-34-13-10-31-57(62)55-29-17-28-54(44-55)53-27-16-25-51(43-53)47-21-6-2-7-22-47/h1-45,67H,(H,70,71,72). The number of para-hydroxylation sites is 3. The smallest absolute Gasteiger partial charge is 0.234 e. The topological polar surface area (TPSA) is 46.6 Å². The Kier molecular flexibility index (Phi) is 10.5. The highest BCUT2D eigenvalue weighted by atomic mass is 15.3. The maximum atomic E-state index is 5.62. The Labute approximate surface area is 429 Å². The van der Waals surface area contributed by atoms with Gasteiger partial charge in [-0.3, -0.25) is 4.57 Å². The molecule has 0 aliphatic carbocycles. The van der Waals surface area contributed by atoms with Crippen LogP contribution in [0.3, 0.4) is 0 Å². The third kappa shape index (κ3) is 7.49. The second-order valence-corrected chi connectivity index (χ2v) is 19.0. The summed E-state index contributed by atoms with van der Waals surface area (Å²) in [6.07, 6.45) is -0.439. The van der Waals surface area contributed by atoms with Crippen molar-refractivity contribution >= 4 is 55.4 Å². The minimum Gasteiger partial charge on any atom is -0.344 e. The first-order chi connectivity index (χ1) is 36.7. The summed E-state index contributed by atoms with van der Waals surface area (Å²) in [7, 11) is 0. The lowest BCUT2D eigenvalue weighted by Gasteiger charge is -2.25. The number of hydrogen-bond donors (Lipinski definition) is 1. The van der Waals surface area contributed by atoms with E-state index < -0.39 is 6.17 Å². The molecule has 1 atom stereocenters. The molecular weight excluding hydrogens is 899 g/mol. The van der Waals surface area contributed by atoms with Crippen LogP contribution in [-0.4, -0.2) is 20.9 Å². The molecule has 1 aliphatic heterocycles. The van der Waals surface area contributed by atoms with Gasteiger partial charge in [0.15, 0.2) is 0 Å². The molecule has 0 amide bonds. The van der Waals surface area contributed by atoms with Crippen molar-refractivity contribution in [2.24, 2.45) is 9.98 Å². The van der Waals surface area contributed by atoms with Gasteiger partial charge in [0.1, 0.15) is 12.0 Å². The molecule has 5 heteroatoms. The van der Waals surface area contributed by atoms with Gasteiger partial charge in [0.25, 0.3) is 0 Å². The minimum atomic E-state index is -0.439. The van der Waals surface area contributed by atoms with Crippen LogP contribution in [0.25, 0.3) is 105 Å². The van der Waals surface area contributed by atoms with Gasteiger partial charge in [0, 0.05) is 32.7 Å². The largest absolute Gasteiger partial charge is 0.344 e. The van der Waals surface area contributed by atoms with E-state index in [9.17, 15) is 0 Å². The van der Waals surface area contributed by atoms with Crippen LogP contribution in [0, 0.1) is 0 Å². The minimum absolute atomic E-state index is 0.439. The van der Waals surface area contributed by atoms with E-state index >= 15 is 0 Å². The first kappa shape index (κ1) is 43.0. The summed E-state index contributed by atoms with van der Waals surface area (Å²) in [6.45, 7) is 0. The van der Waals surface area contributed by atoms with E-state index in [1.54, 1.807) is 0 Å². The highest BCUT2D eigenvalue weighted by Gasteiger charge is 2.27. The van der Waals surface area contributed by atoms with Crippen molar-refractivity contribution in [2.45, 2.75) is 6.17 Å². The molecule has 348 valence electrons. The summed E-state index contributed by atoms with van der Waals surface area (Å²) in [5, 5.41) is 8.39. The Bertz CT molecular complexity index is 4320. The zero-order chi connectivity index (χ0) is 49.0. The molecule has 74 heavy (non-hydrogen) atoms. The molecule has 11 aromatic carbocycles. The van der Waals surface area contributed by atoms with E-state index in [0.717, 1.165) is 94.3 Å². The molecule has 0 saturated carbocycles. The number of fused-ring (bicyclic) bond motifs is 7. The lowest BCUT2D eigenvalue weighted by atomic mass is 9.95. The van der Waals surface area contributed by atoms with Crippen molar-refractivity contribution in [3.8, 4) is 61.3 Å². The summed E-state index contributed by atoms with van der Waals surface area (Å²) in [6, 6.07) is 97.9. The lowest BCUT2D eigenvalue weighted by Crippen LogP contribution is -2.35. The molecule has 13 aromatic rings. The predicted molar refractivity (Wildman–Crippen MR) is 309 cm³/mol. The van der Waals surface area contributed by atoms with Crippen molar-refractivity contribution in [2.75, 3.05) is 0 Å². The fourth-order valence-electron chi connectivity index (χ4n) is 11.1. The molecule has 1 N–H and O–H groups in total. The highest BCUT2D eigenvalue weighted by Crippen LogP contribution is 2.43. The van der Waals surface area contributed by atoms with E-state index in [4.69, 9.17) is 9.98 Å². The number of aromatic nitrogens is 2. The van der Waals surface area contributed by atoms with E-state index in [1.807, 2.05) is 0 Å². The first-order valence-corrected chi connectivity index (χ1v) is 25.3. The van der Waals surface area contributed by atoms with Gasteiger partial charge in [-0.05, 0) is 92.0 Å². The van der Waals surface area contributed by atoms with Crippen molar-refractivity contribution in [1.82, 2.24) is 14.5 Å². The van der Waals surface area contributed by atoms with Gasteiger partial charge in [0.2, 0.25) is 5.96 Å². The molecule has 3 heterocycles. The SMILES string of the molecule is c1ccc(-c2ccc(C3N=C(n4c5ccccc5c5ccc6c7ccccc7n(-c7ccccc7-c7cccc(-c8cccc(-c9ccccc9)c8)c7)c6c54)N=C(c4cccc(-c5ccccc5)c4)N3)cc2)cc1. The summed E-state index contributed by atoms with van der Waals surface area (Å²) < 4.78 is 4.80. The van der Waals surface area contributed by atoms with Crippen LogP contribution in [0.1, 0.15) is 17.3 Å². The number of nitrogens with one attached hydrogen (secondary N) is 1. The molecule has 0 radical (unpaired) electrons. The molecule has 1 unspecified atom stereocenters.